The van der Waals surface area contributed by atoms with Gasteiger partial charge in [0, 0.05) is 17.1 Å². The third-order valence-electron chi connectivity index (χ3n) is 2.39. The van der Waals surface area contributed by atoms with Gasteiger partial charge in [0.15, 0.2) is 0 Å². The lowest BCUT2D eigenvalue weighted by molar-refractivity contribution is 0.659. The molecule has 0 spiro atoms. The highest BCUT2D eigenvalue weighted by molar-refractivity contribution is 5.81. The topological polar surface area (TPSA) is 54.7 Å². The molecule has 0 radical (unpaired) electrons. The zero-order valence-electron chi connectivity index (χ0n) is 8.33. The van der Waals surface area contributed by atoms with E-state index in [1.807, 2.05) is 25.1 Å². The van der Waals surface area contributed by atoms with E-state index in [0.717, 1.165) is 18.4 Å². The number of aromatic amines is 1. The number of fused-ring (bicyclic) bond motifs is 1. The van der Waals surface area contributed by atoms with E-state index in [-0.39, 0.29) is 6.04 Å². The molecule has 0 saturated carbocycles. The third-order valence-corrected chi connectivity index (χ3v) is 2.39. The predicted molar refractivity (Wildman–Crippen MR) is 58.1 cm³/mol. The zero-order chi connectivity index (χ0) is 9.97. The van der Waals surface area contributed by atoms with Crippen LogP contribution in [0.15, 0.2) is 24.3 Å². The summed E-state index contributed by atoms with van der Waals surface area (Å²) in [5.74, 6) is 0. The average Bonchev–Trinajstić information content (AvgIpc) is 2.58. The second-order valence-corrected chi connectivity index (χ2v) is 3.74. The number of aromatic nitrogens is 2. The molecule has 0 fully saturated rings. The van der Waals surface area contributed by atoms with Crippen molar-refractivity contribution < 1.29 is 0 Å². The lowest BCUT2D eigenvalue weighted by Gasteiger charge is -2.02. The van der Waals surface area contributed by atoms with E-state index >= 15 is 0 Å². The van der Waals surface area contributed by atoms with Gasteiger partial charge < -0.3 is 5.73 Å². The second-order valence-electron chi connectivity index (χ2n) is 3.74. The Labute approximate surface area is 83.3 Å². The van der Waals surface area contributed by atoms with Crippen LogP contribution in [0.1, 0.15) is 19.0 Å². The average molecular weight is 189 g/mol. The fraction of sp³-hybridized carbons (Fsp3) is 0.364. The highest BCUT2D eigenvalue weighted by Crippen LogP contribution is 2.16. The Hall–Kier alpha value is -1.35. The number of aryl methyl sites for hydroxylation is 1. The van der Waals surface area contributed by atoms with Gasteiger partial charge in [0.05, 0.1) is 5.52 Å². The fourth-order valence-corrected chi connectivity index (χ4v) is 1.58. The molecule has 0 unspecified atom stereocenters. The summed E-state index contributed by atoms with van der Waals surface area (Å²) in [6.07, 6.45) is 1.96. The van der Waals surface area contributed by atoms with Crippen molar-refractivity contribution in [1.29, 1.82) is 0 Å². The zero-order valence-corrected chi connectivity index (χ0v) is 8.33. The summed E-state index contributed by atoms with van der Waals surface area (Å²) in [6.45, 7) is 2.03. The van der Waals surface area contributed by atoms with Crippen molar-refractivity contribution in [2.75, 3.05) is 0 Å². The molecular weight excluding hydrogens is 174 g/mol. The molecule has 0 bridgehead atoms. The number of para-hydroxylation sites is 1. The van der Waals surface area contributed by atoms with Crippen LogP contribution in [-0.2, 0) is 6.42 Å². The molecule has 14 heavy (non-hydrogen) atoms. The second kappa shape index (κ2) is 3.80. The van der Waals surface area contributed by atoms with Crippen molar-refractivity contribution in [3.05, 3.63) is 30.0 Å². The van der Waals surface area contributed by atoms with Crippen LogP contribution in [0.4, 0.5) is 0 Å². The smallest absolute Gasteiger partial charge is 0.0923 e. The summed E-state index contributed by atoms with van der Waals surface area (Å²) < 4.78 is 0. The minimum absolute atomic E-state index is 0.247. The van der Waals surface area contributed by atoms with Gasteiger partial charge in [-0.2, -0.15) is 5.10 Å². The van der Waals surface area contributed by atoms with Gasteiger partial charge in [-0.05, 0) is 25.8 Å². The van der Waals surface area contributed by atoms with Crippen molar-refractivity contribution in [3.8, 4) is 0 Å². The molecule has 74 valence electrons. The molecular formula is C11H15N3. The van der Waals surface area contributed by atoms with Gasteiger partial charge in [0.2, 0.25) is 0 Å². The molecule has 0 aliphatic carbocycles. The molecule has 3 nitrogen and oxygen atoms in total. The summed E-state index contributed by atoms with van der Waals surface area (Å²) in [7, 11) is 0. The molecule has 3 N–H and O–H groups in total. The SMILES string of the molecule is C[C@H](N)CCc1[nH]nc2ccccc12. The number of hydrogen-bond donors (Lipinski definition) is 2. The Kier molecular flexibility index (Phi) is 2.50. The molecule has 2 rings (SSSR count). The van der Waals surface area contributed by atoms with Crippen LogP contribution in [0.3, 0.4) is 0 Å². The van der Waals surface area contributed by atoms with E-state index in [1.165, 1.54) is 11.1 Å². The van der Waals surface area contributed by atoms with E-state index in [2.05, 4.69) is 16.3 Å². The van der Waals surface area contributed by atoms with Gasteiger partial charge in [-0.3, -0.25) is 5.10 Å². The molecule has 1 aromatic heterocycles. The summed E-state index contributed by atoms with van der Waals surface area (Å²) in [5.41, 5.74) is 7.95. The number of nitrogens with one attached hydrogen (secondary N) is 1. The first-order chi connectivity index (χ1) is 6.77. The largest absolute Gasteiger partial charge is 0.328 e. The highest BCUT2D eigenvalue weighted by atomic mass is 15.1. The van der Waals surface area contributed by atoms with E-state index in [9.17, 15) is 0 Å². The molecule has 1 atom stereocenters. The van der Waals surface area contributed by atoms with Crippen molar-refractivity contribution in [2.24, 2.45) is 5.73 Å². The van der Waals surface area contributed by atoms with Crippen LogP contribution < -0.4 is 5.73 Å². The Morgan fingerprint density at radius 2 is 2.21 bits per heavy atom. The van der Waals surface area contributed by atoms with Crippen LogP contribution in [0.2, 0.25) is 0 Å². The molecule has 2 aromatic rings. The molecule has 0 aliphatic heterocycles. The van der Waals surface area contributed by atoms with Gasteiger partial charge in [-0.15, -0.1) is 0 Å². The maximum atomic E-state index is 5.72. The maximum absolute atomic E-state index is 5.72. The van der Waals surface area contributed by atoms with Crippen molar-refractivity contribution in [1.82, 2.24) is 10.2 Å². The van der Waals surface area contributed by atoms with E-state index in [0.29, 0.717) is 0 Å². The standard InChI is InChI=1S/C11H15N3/c1-8(12)6-7-11-9-4-2-3-5-10(9)13-14-11/h2-5,8H,6-7,12H2,1H3,(H,13,14)/t8-/m0/s1. The van der Waals surface area contributed by atoms with Gasteiger partial charge >= 0.3 is 0 Å². The van der Waals surface area contributed by atoms with E-state index in [1.54, 1.807) is 0 Å². The Morgan fingerprint density at radius 1 is 1.43 bits per heavy atom. The first kappa shape index (κ1) is 9.21. The van der Waals surface area contributed by atoms with Crippen LogP contribution >= 0.6 is 0 Å². The molecule has 3 heteroatoms. The Morgan fingerprint density at radius 3 is 3.00 bits per heavy atom. The van der Waals surface area contributed by atoms with E-state index in [4.69, 9.17) is 5.73 Å². The number of rotatable bonds is 3. The van der Waals surface area contributed by atoms with Crippen LogP contribution in [0.25, 0.3) is 10.9 Å². The lowest BCUT2D eigenvalue weighted by atomic mass is 10.1. The molecule has 0 amide bonds. The van der Waals surface area contributed by atoms with Crippen molar-refractivity contribution in [3.63, 3.8) is 0 Å². The fourth-order valence-electron chi connectivity index (χ4n) is 1.58. The van der Waals surface area contributed by atoms with Crippen molar-refractivity contribution in [2.45, 2.75) is 25.8 Å². The summed E-state index contributed by atoms with van der Waals surface area (Å²) >= 11 is 0. The van der Waals surface area contributed by atoms with Crippen LogP contribution in [0, 0.1) is 0 Å². The van der Waals surface area contributed by atoms with Crippen LogP contribution in [0.5, 0.6) is 0 Å². The third kappa shape index (κ3) is 1.77. The summed E-state index contributed by atoms with van der Waals surface area (Å²) in [6, 6.07) is 8.39. The maximum Gasteiger partial charge on any atom is 0.0923 e. The molecule has 1 heterocycles. The summed E-state index contributed by atoms with van der Waals surface area (Å²) in [5, 5.41) is 8.51. The van der Waals surface area contributed by atoms with Gasteiger partial charge in [-0.25, -0.2) is 0 Å². The number of benzene rings is 1. The Balaban J connectivity index is 2.25. The van der Waals surface area contributed by atoms with Crippen molar-refractivity contribution >= 4 is 10.9 Å². The van der Waals surface area contributed by atoms with Crippen LogP contribution in [-0.4, -0.2) is 16.2 Å². The van der Waals surface area contributed by atoms with Gasteiger partial charge in [0.1, 0.15) is 0 Å². The quantitative estimate of drug-likeness (QED) is 0.774. The Bertz CT molecular complexity index is 417. The first-order valence-electron chi connectivity index (χ1n) is 4.95. The minimum atomic E-state index is 0.247. The lowest BCUT2D eigenvalue weighted by Crippen LogP contribution is -2.15. The normalized spacial score (nSPS) is 13.3. The summed E-state index contributed by atoms with van der Waals surface area (Å²) in [4.78, 5) is 0. The first-order valence-corrected chi connectivity index (χ1v) is 4.95. The molecule has 0 aliphatic rings. The molecule has 0 saturated heterocycles. The van der Waals surface area contributed by atoms with Gasteiger partial charge in [-0.1, -0.05) is 18.2 Å². The minimum Gasteiger partial charge on any atom is -0.328 e. The number of nitrogens with two attached hydrogens (primary N) is 1. The van der Waals surface area contributed by atoms with E-state index < -0.39 is 0 Å². The van der Waals surface area contributed by atoms with Gasteiger partial charge in [0.25, 0.3) is 0 Å². The predicted octanol–water partition coefficient (Wildman–Crippen LogP) is 1.84. The molecule has 1 aromatic carbocycles. The number of nitrogens with zero attached hydrogens (tertiary/aromatic N) is 1. The monoisotopic (exact) mass is 189 g/mol. The number of hydrogen-bond acceptors (Lipinski definition) is 2. The highest BCUT2D eigenvalue weighted by Gasteiger charge is 2.04. The number of H-pyrrole nitrogens is 1.